The SMILES string of the molecule is CCCC(C)CN(C)Cc1cccc(/C(N)=N/O)c1. The number of hydrogen-bond donors (Lipinski definition) is 2. The highest BCUT2D eigenvalue weighted by Crippen LogP contribution is 2.11. The zero-order valence-electron chi connectivity index (χ0n) is 12.1. The molecule has 0 radical (unpaired) electrons. The molecule has 0 spiro atoms. The third-order valence-corrected chi connectivity index (χ3v) is 3.19. The Morgan fingerprint density at radius 2 is 2.21 bits per heavy atom. The molecule has 106 valence electrons. The van der Waals surface area contributed by atoms with Gasteiger partial charge in [0.05, 0.1) is 0 Å². The summed E-state index contributed by atoms with van der Waals surface area (Å²) in [6.45, 7) is 6.46. The van der Waals surface area contributed by atoms with Gasteiger partial charge in [-0.3, -0.25) is 0 Å². The van der Waals surface area contributed by atoms with Crippen molar-refractivity contribution in [2.75, 3.05) is 13.6 Å². The first-order valence-electron chi connectivity index (χ1n) is 6.82. The van der Waals surface area contributed by atoms with Crippen molar-refractivity contribution in [1.82, 2.24) is 4.90 Å². The predicted molar refractivity (Wildman–Crippen MR) is 79.4 cm³/mol. The molecule has 1 aromatic carbocycles. The summed E-state index contributed by atoms with van der Waals surface area (Å²) in [5.41, 5.74) is 7.54. The Morgan fingerprint density at radius 3 is 2.84 bits per heavy atom. The third-order valence-electron chi connectivity index (χ3n) is 3.19. The highest BCUT2D eigenvalue weighted by Gasteiger charge is 2.07. The van der Waals surface area contributed by atoms with E-state index in [2.05, 4.69) is 37.0 Å². The Balaban J connectivity index is 2.61. The molecule has 0 aliphatic rings. The molecule has 0 aliphatic carbocycles. The fourth-order valence-corrected chi connectivity index (χ4v) is 2.38. The molecule has 0 bridgehead atoms. The van der Waals surface area contributed by atoms with Crippen molar-refractivity contribution < 1.29 is 5.21 Å². The van der Waals surface area contributed by atoms with E-state index in [-0.39, 0.29) is 5.84 Å². The minimum absolute atomic E-state index is 0.156. The standard InChI is InChI=1S/C15H25N3O/c1-4-6-12(2)10-18(3)11-13-7-5-8-14(9-13)15(16)17-19/h5,7-9,12,19H,4,6,10-11H2,1-3H3,(H2,16,17). The van der Waals surface area contributed by atoms with Crippen LogP contribution in [0.2, 0.25) is 0 Å². The average molecular weight is 263 g/mol. The lowest BCUT2D eigenvalue weighted by Gasteiger charge is -2.21. The highest BCUT2D eigenvalue weighted by atomic mass is 16.4. The molecule has 0 amide bonds. The second kappa shape index (κ2) is 7.79. The molecule has 4 heteroatoms. The van der Waals surface area contributed by atoms with Crippen LogP contribution in [0, 0.1) is 5.92 Å². The molecule has 1 atom stereocenters. The number of nitrogens with zero attached hydrogens (tertiary/aromatic N) is 2. The van der Waals surface area contributed by atoms with Crippen molar-refractivity contribution in [3.05, 3.63) is 35.4 Å². The van der Waals surface area contributed by atoms with Gasteiger partial charge in [0.1, 0.15) is 0 Å². The van der Waals surface area contributed by atoms with E-state index in [1.54, 1.807) is 0 Å². The molecule has 0 saturated heterocycles. The van der Waals surface area contributed by atoms with Crippen LogP contribution >= 0.6 is 0 Å². The first kappa shape index (κ1) is 15.5. The van der Waals surface area contributed by atoms with Gasteiger partial charge in [0.15, 0.2) is 5.84 Å². The molecule has 4 nitrogen and oxygen atoms in total. The molecule has 0 heterocycles. The molecule has 1 aromatic rings. The van der Waals surface area contributed by atoms with Crippen LogP contribution in [0.5, 0.6) is 0 Å². The summed E-state index contributed by atoms with van der Waals surface area (Å²) >= 11 is 0. The summed E-state index contributed by atoms with van der Waals surface area (Å²) in [7, 11) is 2.13. The van der Waals surface area contributed by atoms with Gasteiger partial charge in [0.25, 0.3) is 0 Å². The van der Waals surface area contributed by atoms with Crippen LogP contribution in [0.25, 0.3) is 0 Å². The number of benzene rings is 1. The van der Waals surface area contributed by atoms with Gasteiger partial charge in [-0.25, -0.2) is 0 Å². The van der Waals surface area contributed by atoms with E-state index in [4.69, 9.17) is 10.9 Å². The van der Waals surface area contributed by atoms with E-state index in [0.717, 1.165) is 18.7 Å². The second-order valence-corrected chi connectivity index (χ2v) is 5.28. The van der Waals surface area contributed by atoms with Crippen molar-refractivity contribution in [2.45, 2.75) is 33.2 Å². The zero-order valence-corrected chi connectivity index (χ0v) is 12.1. The maximum Gasteiger partial charge on any atom is 0.170 e. The minimum Gasteiger partial charge on any atom is -0.409 e. The first-order chi connectivity index (χ1) is 9.06. The van der Waals surface area contributed by atoms with E-state index in [9.17, 15) is 0 Å². The number of rotatable bonds is 7. The molecule has 0 aromatic heterocycles. The van der Waals surface area contributed by atoms with E-state index < -0.39 is 0 Å². The Kier molecular flexibility index (Phi) is 6.36. The summed E-state index contributed by atoms with van der Waals surface area (Å²) in [5, 5.41) is 11.7. The number of nitrogens with two attached hydrogens (primary N) is 1. The topological polar surface area (TPSA) is 61.8 Å². The normalized spacial score (nSPS) is 13.8. The van der Waals surface area contributed by atoms with E-state index in [1.807, 2.05) is 18.2 Å². The molecule has 0 fully saturated rings. The quantitative estimate of drug-likeness (QED) is 0.344. The summed E-state index contributed by atoms with van der Waals surface area (Å²) in [6, 6.07) is 7.81. The summed E-state index contributed by atoms with van der Waals surface area (Å²) in [4.78, 5) is 2.31. The average Bonchev–Trinajstić information content (AvgIpc) is 2.38. The van der Waals surface area contributed by atoms with Crippen LogP contribution in [0.4, 0.5) is 0 Å². The van der Waals surface area contributed by atoms with Crippen LogP contribution in [0.1, 0.15) is 37.8 Å². The minimum atomic E-state index is 0.156. The van der Waals surface area contributed by atoms with Crippen LogP contribution in [0.3, 0.4) is 0 Å². The van der Waals surface area contributed by atoms with Crippen molar-refractivity contribution in [1.29, 1.82) is 0 Å². The summed E-state index contributed by atoms with van der Waals surface area (Å²) < 4.78 is 0. The fraction of sp³-hybridized carbons (Fsp3) is 0.533. The maximum atomic E-state index is 8.69. The predicted octanol–water partition coefficient (Wildman–Crippen LogP) is 2.65. The maximum absolute atomic E-state index is 8.69. The Bertz CT molecular complexity index is 418. The molecule has 3 N–H and O–H groups in total. The third kappa shape index (κ3) is 5.30. The van der Waals surface area contributed by atoms with E-state index in [1.165, 1.54) is 18.4 Å². The second-order valence-electron chi connectivity index (χ2n) is 5.28. The largest absolute Gasteiger partial charge is 0.409 e. The van der Waals surface area contributed by atoms with Crippen molar-refractivity contribution >= 4 is 5.84 Å². The lowest BCUT2D eigenvalue weighted by molar-refractivity contribution is 0.270. The fourth-order valence-electron chi connectivity index (χ4n) is 2.38. The Labute approximate surface area is 115 Å². The molecule has 19 heavy (non-hydrogen) atoms. The van der Waals surface area contributed by atoms with Crippen LogP contribution in [-0.4, -0.2) is 29.5 Å². The van der Waals surface area contributed by atoms with Crippen LogP contribution in [-0.2, 0) is 6.54 Å². The lowest BCUT2D eigenvalue weighted by Crippen LogP contribution is -2.24. The van der Waals surface area contributed by atoms with Gasteiger partial charge in [-0.05, 0) is 31.0 Å². The summed E-state index contributed by atoms with van der Waals surface area (Å²) in [5.74, 6) is 0.867. The summed E-state index contributed by atoms with van der Waals surface area (Å²) in [6.07, 6.45) is 2.49. The van der Waals surface area contributed by atoms with Gasteiger partial charge in [-0.15, -0.1) is 0 Å². The molecule has 0 aliphatic heterocycles. The van der Waals surface area contributed by atoms with E-state index in [0.29, 0.717) is 5.92 Å². The van der Waals surface area contributed by atoms with Gasteiger partial charge < -0.3 is 15.8 Å². The van der Waals surface area contributed by atoms with Gasteiger partial charge in [0, 0.05) is 18.7 Å². The van der Waals surface area contributed by atoms with Crippen LogP contribution < -0.4 is 5.73 Å². The Morgan fingerprint density at radius 1 is 1.47 bits per heavy atom. The smallest absolute Gasteiger partial charge is 0.170 e. The van der Waals surface area contributed by atoms with Gasteiger partial charge in [0.2, 0.25) is 0 Å². The molecule has 0 saturated carbocycles. The lowest BCUT2D eigenvalue weighted by atomic mass is 10.1. The van der Waals surface area contributed by atoms with Gasteiger partial charge in [-0.2, -0.15) is 0 Å². The molecular weight excluding hydrogens is 238 g/mol. The van der Waals surface area contributed by atoms with Gasteiger partial charge >= 0.3 is 0 Å². The van der Waals surface area contributed by atoms with E-state index >= 15 is 0 Å². The van der Waals surface area contributed by atoms with Crippen molar-refractivity contribution in [3.63, 3.8) is 0 Å². The molecule has 1 rings (SSSR count). The number of amidine groups is 1. The zero-order chi connectivity index (χ0) is 14.3. The monoisotopic (exact) mass is 263 g/mol. The van der Waals surface area contributed by atoms with Crippen molar-refractivity contribution in [2.24, 2.45) is 16.8 Å². The van der Waals surface area contributed by atoms with Crippen LogP contribution in [0.15, 0.2) is 29.4 Å². The highest BCUT2D eigenvalue weighted by molar-refractivity contribution is 5.97. The first-order valence-corrected chi connectivity index (χ1v) is 6.82. The molecule has 1 unspecified atom stereocenters. The molecular formula is C15H25N3O. The number of oxime groups is 1. The Hall–Kier alpha value is -1.55. The van der Waals surface area contributed by atoms with Gasteiger partial charge in [-0.1, -0.05) is 43.6 Å². The number of hydrogen-bond acceptors (Lipinski definition) is 3. The van der Waals surface area contributed by atoms with Crippen molar-refractivity contribution in [3.8, 4) is 0 Å².